The molecule has 0 saturated carbocycles. The molecule has 1 unspecified atom stereocenters. The number of anilines is 3. The Labute approximate surface area is 212 Å². The first-order valence-corrected chi connectivity index (χ1v) is 11.7. The van der Waals surface area contributed by atoms with E-state index in [1.165, 1.54) is 24.3 Å². The van der Waals surface area contributed by atoms with Gasteiger partial charge in [-0.2, -0.15) is 13.2 Å². The maximum atomic E-state index is 12.9. The second-order valence-electron chi connectivity index (χ2n) is 8.49. The van der Waals surface area contributed by atoms with Gasteiger partial charge in [-0.15, -0.1) is 0 Å². The van der Waals surface area contributed by atoms with E-state index >= 15 is 0 Å². The Kier molecular flexibility index (Phi) is 8.29. The number of carbonyl (C=O) groups excluding carboxylic acids is 2. The van der Waals surface area contributed by atoms with Crippen molar-refractivity contribution in [2.75, 3.05) is 35.7 Å². The molecular weight excluding hydrogens is 487 g/mol. The molecule has 3 aromatic rings. The van der Waals surface area contributed by atoms with Crippen molar-refractivity contribution in [1.29, 1.82) is 0 Å². The summed E-state index contributed by atoms with van der Waals surface area (Å²) >= 11 is 0. The largest absolute Gasteiger partial charge is 0.491 e. The topological polar surface area (TPSA) is 88.7 Å². The van der Waals surface area contributed by atoms with E-state index in [-0.39, 0.29) is 29.8 Å². The van der Waals surface area contributed by atoms with E-state index in [0.717, 1.165) is 31.6 Å². The van der Waals surface area contributed by atoms with Gasteiger partial charge in [-0.05, 0) is 61.4 Å². The molecule has 0 aliphatic carbocycles. The summed E-state index contributed by atoms with van der Waals surface area (Å²) in [6.45, 7) is 1.14. The smallest absolute Gasteiger partial charge is 0.416 e. The minimum Gasteiger partial charge on any atom is -0.491 e. The first-order chi connectivity index (χ1) is 17.8. The maximum absolute atomic E-state index is 12.9. The maximum Gasteiger partial charge on any atom is 0.416 e. The van der Waals surface area contributed by atoms with Crippen LogP contribution in [0.15, 0.2) is 72.8 Å². The minimum atomic E-state index is -4.51. The normalized spacial score (nSPS) is 15.2. The Morgan fingerprint density at radius 2 is 1.65 bits per heavy atom. The number of nitrogens with one attached hydrogen (secondary N) is 3. The van der Waals surface area contributed by atoms with E-state index in [0.29, 0.717) is 23.7 Å². The van der Waals surface area contributed by atoms with Crippen molar-refractivity contribution < 1.29 is 32.2 Å². The highest BCUT2D eigenvalue weighted by Gasteiger charge is 2.30. The molecule has 1 heterocycles. The molecule has 7 nitrogen and oxygen atoms in total. The van der Waals surface area contributed by atoms with Crippen LogP contribution < -0.4 is 20.7 Å². The Balaban J connectivity index is 1.29. The van der Waals surface area contributed by atoms with E-state index in [1.54, 1.807) is 36.4 Å². The Morgan fingerprint density at radius 3 is 2.41 bits per heavy atom. The molecule has 194 valence electrons. The molecule has 0 radical (unpaired) electrons. The summed E-state index contributed by atoms with van der Waals surface area (Å²) < 4.78 is 50.1. The van der Waals surface area contributed by atoms with Gasteiger partial charge in [0, 0.05) is 35.3 Å². The van der Waals surface area contributed by atoms with Crippen LogP contribution in [-0.2, 0) is 15.7 Å². The van der Waals surface area contributed by atoms with Crippen molar-refractivity contribution in [2.24, 2.45) is 0 Å². The molecule has 0 spiro atoms. The molecule has 1 atom stereocenters. The molecule has 1 fully saturated rings. The van der Waals surface area contributed by atoms with Crippen LogP contribution >= 0.6 is 0 Å². The summed E-state index contributed by atoms with van der Waals surface area (Å²) in [5.41, 5.74) is 0.469. The number of halogens is 3. The van der Waals surface area contributed by atoms with Crippen LogP contribution in [0.2, 0.25) is 0 Å². The van der Waals surface area contributed by atoms with Gasteiger partial charge in [0.2, 0.25) is 5.91 Å². The number of rotatable bonds is 9. The van der Waals surface area contributed by atoms with Crippen molar-refractivity contribution in [2.45, 2.75) is 25.1 Å². The third-order valence-corrected chi connectivity index (χ3v) is 5.60. The number of ether oxygens (including phenoxy) is 2. The van der Waals surface area contributed by atoms with Gasteiger partial charge in [0.05, 0.1) is 18.2 Å². The van der Waals surface area contributed by atoms with Gasteiger partial charge >= 0.3 is 6.18 Å². The van der Waals surface area contributed by atoms with Gasteiger partial charge in [0.1, 0.15) is 12.4 Å². The average molecular weight is 514 g/mol. The second kappa shape index (κ2) is 11.8. The van der Waals surface area contributed by atoms with Crippen molar-refractivity contribution >= 4 is 28.9 Å². The highest BCUT2D eigenvalue weighted by molar-refractivity contribution is 6.05. The predicted octanol–water partition coefficient (Wildman–Crippen LogP) is 5.57. The third-order valence-electron chi connectivity index (χ3n) is 5.60. The molecule has 37 heavy (non-hydrogen) atoms. The molecule has 1 saturated heterocycles. The van der Waals surface area contributed by atoms with Gasteiger partial charge in [0.25, 0.3) is 5.91 Å². The number of carbonyl (C=O) groups is 2. The van der Waals surface area contributed by atoms with Crippen LogP contribution in [0.4, 0.5) is 30.2 Å². The van der Waals surface area contributed by atoms with Crippen molar-refractivity contribution in [3.8, 4) is 5.75 Å². The fourth-order valence-electron chi connectivity index (χ4n) is 3.76. The Morgan fingerprint density at radius 1 is 0.919 bits per heavy atom. The Bertz CT molecular complexity index is 1240. The third kappa shape index (κ3) is 7.71. The minimum absolute atomic E-state index is 0.0274. The fourth-order valence-corrected chi connectivity index (χ4v) is 3.76. The van der Waals surface area contributed by atoms with Crippen LogP contribution in [0.1, 0.15) is 28.8 Å². The molecule has 3 N–H and O–H groups in total. The summed E-state index contributed by atoms with van der Waals surface area (Å²) in [6, 6.07) is 17.8. The lowest BCUT2D eigenvalue weighted by Crippen LogP contribution is -2.22. The lowest BCUT2D eigenvalue weighted by Gasteiger charge is -2.13. The summed E-state index contributed by atoms with van der Waals surface area (Å²) in [7, 11) is 0. The standard InChI is InChI=1S/C27H26F3N3O4/c28-27(29,30)19-6-2-8-21(14-19)33-26(35)18-5-1-7-20(13-18)31-16-25(34)32-22-9-3-10-23(15-22)37-17-24-11-4-12-36-24/h1-3,5-10,13-15,24,31H,4,11-12,16-17H2,(H,32,34)(H,33,35). The molecule has 0 aromatic heterocycles. The lowest BCUT2D eigenvalue weighted by molar-refractivity contribution is -0.137. The van der Waals surface area contributed by atoms with E-state index in [9.17, 15) is 22.8 Å². The molecule has 0 bridgehead atoms. The van der Waals surface area contributed by atoms with Gasteiger partial charge < -0.3 is 25.4 Å². The molecule has 4 rings (SSSR count). The van der Waals surface area contributed by atoms with Crippen LogP contribution in [0.5, 0.6) is 5.75 Å². The number of benzene rings is 3. The Hall–Kier alpha value is -4.05. The summed E-state index contributed by atoms with van der Waals surface area (Å²) in [5, 5.41) is 8.19. The number of alkyl halides is 3. The molecule has 10 heteroatoms. The second-order valence-corrected chi connectivity index (χ2v) is 8.49. The highest BCUT2D eigenvalue weighted by atomic mass is 19.4. The molecule has 2 amide bonds. The molecule has 1 aliphatic rings. The lowest BCUT2D eigenvalue weighted by atomic mass is 10.1. The van der Waals surface area contributed by atoms with Gasteiger partial charge in [-0.3, -0.25) is 9.59 Å². The van der Waals surface area contributed by atoms with E-state index in [4.69, 9.17) is 9.47 Å². The van der Waals surface area contributed by atoms with Crippen molar-refractivity contribution in [3.63, 3.8) is 0 Å². The number of hydrogen-bond acceptors (Lipinski definition) is 5. The highest BCUT2D eigenvalue weighted by Crippen LogP contribution is 2.30. The van der Waals surface area contributed by atoms with Gasteiger partial charge in [-0.25, -0.2) is 0 Å². The average Bonchev–Trinajstić information content (AvgIpc) is 3.40. The predicted molar refractivity (Wildman–Crippen MR) is 134 cm³/mol. The zero-order valence-electron chi connectivity index (χ0n) is 19.8. The number of amides is 2. The summed E-state index contributed by atoms with van der Waals surface area (Å²) in [6.07, 6.45) is -2.42. The van der Waals surface area contributed by atoms with E-state index < -0.39 is 17.6 Å². The molecule has 3 aromatic carbocycles. The zero-order valence-corrected chi connectivity index (χ0v) is 19.8. The zero-order chi connectivity index (χ0) is 26.3. The molecular formula is C27H26F3N3O4. The van der Waals surface area contributed by atoms with Crippen LogP contribution in [-0.4, -0.2) is 37.7 Å². The number of hydrogen-bond donors (Lipinski definition) is 3. The summed E-state index contributed by atoms with van der Waals surface area (Å²) in [5.74, 6) is -0.261. The van der Waals surface area contributed by atoms with Crippen molar-refractivity contribution in [3.05, 3.63) is 83.9 Å². The van der Waals surface area contributed by atoms with Gasteiger partial charge in [-0.1, -0.05) is 18.2 Å². The van der Waals surface area contributed by atoms with Crippen LogP contribution in [0, 0.1) is 0 Å². The fraction of sp³-hybridized carbons (Fsp3) is 0.259. The first kappa shape index (κ1) is 26.0. The quantitative estimate of drug-likeness (QED) is 0.348. The monoisotopic (exact) mass is 513 g/mol. The van der Waals surface area contributed by atoms with Crippen LogP contribution in [0.25, 0.3) is 0 Å². The van der Waals surface area contributed by atoms with Crippen molar-refractivity contribution in [1.82, 2.24) is 0 Å². The van der Waals surface area contributed by atoms with Gasteiger partial charge in [0.15, 0.2) is 0 Å². The van der Waals surface area contributed by atoms with E-state index in [1.807, 2.05) is 0 Å². The SMILES string of the molecule is O=C(CNc1cccc(C(=O)Nc2cccc(C(F)(F)F)c2)c1)Nc1cccc(OCC2CCCO2)c1. The van der Waals surface area contributed by atoms with Crippen LogP contribution in [0.3, 0.4) is 0 Å². The summed E-state index contributed by atoms with van der Waals surface area (Å²) in [4.78, 5) is 25.0. The first-order valence-electron chi connectivity index (χ1n) is 11.7. The molecule has 1 aliphatic heterocycles. The van der Waals surface area contributed by atoms with E-state index in [2.05, 4.69) is 16.0 Å².